The van der Waals surface area contributed by atoms with Crippen molar-refractivity contribution in [1.82, 2.24) is 0 Å². The van der Waals surface area contributed by atoms with Gasteiger partial charge in [0.2, 0.25) is 0 Å². The number of rotatable bonds is 1. The molecule has 1 N–H and O–H groups in total. The van der Waals surface area contributed by atoms with Crippen LogP contribution in [0, 0.1) is 23.2 Å². The second-order valence-corrected chi connectivity index (χ2v) is 8.54. The maximum absolute atomic E-state index is 11.0. The van der Waals surface area contributed by atoms with Gasteiger partial charge in [0.05, 0.1) is 5.60 Å². The van der Waals surface area contributed by atoms with Gasteiger partial charge in [0.15, 0.2) is 0 Å². The SMILES string of the molecule is CC1CC(C)CC(C2(O)CSCC(C)(C)C2)C1. The lowest BCUT2D eigenvalue weighted by Gasteiger charge is -2.48. The predicted octanol–water partition coefficient (Wildman–Crippen LogP) is 3.95. The second-order valence-electron chi connectivity index (χ2n) is 7.55. The number of thioether (sulfide) groups is 1. The Morgan fingerprint density at radius 1 is 1.00 bits per heavy atom. The van der Waals surface area contributed by atoms with Gasteiger partial charge >= 0.3 is 0 Å². The van der Waals surface area contributed by atoms with E-state index in [-0.39, 0.29) is 0 Å². The minimum Gasteiger partial charge on any atom is -0.389 e. The zero-order valence-corrected chi connectivity index (χ0v) is 12.6. The lowest BCUT2D eigenvalue weighted by molar-refractivity contribution is -0.0590. The third-order valence-corrected chi connectivity index (χ3v) is 6.26. The van der Waals surface area contributed by atoms with Crippen molar-refractivity contribution >= 4 is 11.8 Å². The maximum Gasteiger partial charge on any atom is 0.0771 e. The Morgan fingerprint density at radius 3 is 2.12 bits per heavy atom. The monoisotopic (exact) mass is 256 g/mol. The molecule has 1 aliphatic carbocycles. The summed E-state index contributed by atoms with van der Waals surface area (Å²) >= 11 is 1.95. The van der Waals surface area contributed by atoms with Crippen LogP contribution in [0.15, 0.2) is 0 Å². The van der Waals surface area contributed by atoms with Crippen LogP contribution in [0.2, 0.25) is 0 Å². The average molecular weight is 256 g/mol. The van der Waals surface area contributed by atoms with E-state index in [9.17, 15) is 5.11 Å². The van der Waals surface area contributed by atoms with Crippen LogP contribution >= 0.6 is 11.8 Å². The fourth-order valence-electron chi connectivity index (χ4n) is 4.08. The first-order valence-corrected chi connectivity index (χ1v) is 8.26. The third-order valence-electron chi connectivity index (χ3n) is 4.57. The first kappa shape index (κ1) is 13.7. The summed E-state index contributed by atoms with van der Waals surface area (Å²) in [5.41, 5.74) is -0.0864. The highest BCUT2D eigenvalue weighted by Gasteiger charge is 2.46. The molecule has 1 saturated carbocycles. The Morgan fingerprint density at radius 2 is 1.59 bits per heavy atom. The lowest BCUT2D eigenvalue weighted by atomic mass is 9.66. The van der Waals surface area contributed by atoms with Crippen LogP contribution in [0.5, 0.6) is 0 Å². The first-order valence-electron chi connectivity index (χ1n) is 7.11. The molecule has 1 heterocycles. The fraction of sp³-hybridized carbons (Fsp3) is 1.00. The normalized spacial score (nSPS) is 46.8. The summed E-state index contributed by atoms with van der Waals surface area (Å²) in [5.74, 6) is 4.28. The smallest absolute Gasteiger partial charge is 0.0771 e. The summed E-state index contributed by atoms with van der Waals surface area (Å²) < 4.78 is 0. The predicted molar refractivity (Wildman–Crippen MR) is 76.3 cm³/mol. The maximum atomic E-state index is 11.0. The van der Waals surface area contributed by atoms with Crippen molar-refractivity contribution < 1.29 is 5.11 Å². The van der Waals surface area contributed by atoms with Crippen LogP contribution in [0.1, 0.15) is 53.4 Å². The Balaban J connectivity index is 2.09. The summed E-state index contributed by atoms with van der Waals surface area (Å²) in [6.07, 6.45) is 4.81. The highest BCUT2D eigenvalue weighted by molar-refractivity contribution is 7.99. The number of aliphatic hydroxyl groups is 1. The standard InChI is InChI=1S/C15H28OS/c1-11-5-12(2)7-13(6-11)15(16)8-14(3,4)9-17-10-15/h11-13,16H,5-10H2,1-4H3. The van der Waals surface area contributed by atoms with Crippen LogP contribution < -0.4 is 0 Å². The van der Waals surface area contributed by atoms with Crippen molar-refractivity contribution in [2.45, 2.75) is 59.0 Å². The first-order chi connectivity index (χ1) is 7.81. The van der Waals surface area contributed by atoms with E-state index in [0.29, 0.717) is 11.3 Å². The van der Waals surface area contributed by atoms with Gasteiger partial charge in [-0.15, -0.1) is 0 Å². The van der Waals surface area contributed by atoms with Crippen LogP contribution in [0.4, 0.5) is 0 Å². The van der Waals surface area contributed by atoms with Crippen molar-refractivity contribution in [2.24, 2.45) is 23.2 Å². The van der Waals surface area contributed by atoms with Crippen molar-refractivity contribution in [3.8, 4) is 0 Å². The van der Waals surface area contributed by atoms with Gasteiger partial charge in [0, 0.05) is 5.75 Å². The molecule has 0 radical (unpaired) electrons. The lowest BCUT2D eigenvalue weighted by Crippen LogP contribution is -2.50. The van der Waals surface area contributed by atoms with E-state index in [1.807, 2.05) is 11.8 Å². The molecule has 0 aromatic carbocycles. The highest BCUT2D eigenvalue weighted by atomic mass is 32.2. The molecule has 17 heavy (non-hydrogen) atoms. The molecule has 1 saturated heterocycles. The summed E-state index contributed by atoms with van der Waals surface area (Å²) in [7, 11) is 0. The molecule has 0 bridgehead atoms. The molecular formula is C15H28OS. The van der Waals surface area contributed by atoms with Gasteiger partial charge in [0.25, 0.3) is 0 Å². The topological polar surface area (TPSA) is 20.2 Å². The van der Waals surface area contributed by atoms with E-state index in [0.717, 1.165) is 24.0 Å². The molecule has 0 amide bonds. The van der Waals surface area contributed by atoms with Crippen molar-refractivity contribution in [1.29, 1.82) is 0 Å². The molecule has 0 aromatic rings. The van der Waals surface area contributed by atoms with Crippen molar-refractivity contribution in [2.75, 3.05) is 11.5 Å². The van der Waals surface area contributed by atoms with E-state index in [2.05, 4.69) is 27.7 Å². The molecule has 0 aromatic heterocycles. The van der Waals surface area contributed by atoms with Crippen LogP contribution in [-0.2, 0) is 0 Å². The second kappa shape index (κ2) is 4.77. The molecule has 0 spiro atoms. The molecule has 2 rings (SSSR count). The van der Waals surface area contributed by atoms with Crippen LogP contribution in [-0.4, -0.2) is 22.2 Å². The largest absolute Gasteiger partial charge is 0.389 e. The zero-order valence-electron chi connectivity index (χ0n) is 11.8. The molecule has 2 heteroatoms. The van der Waals surface area contributed by atoms with Gasteiger partial charge in [-0.1, -0.05) is 27.7 Å². The summed E-state index contributed by atoms with van der Waals surface area (Å²) in [5, 5.41) is 11.0. The van der Waals surface area contributed by atoms with E-state index in [1.54, 1.807) is 0 Å². The summed E-state index contributed by atoms with van der Waals surface area (Å²) in [6.45, 7) is 9.32. The van der Waals surface area contributed by atoms with Gasteiger partial charge in [-0.05, 0) is 54.6 Å². The van der Waals surface area contributed by atoms with Crippen LogP contribution in [0.3, 0.4) is 0 Å². The molecule has 2 aliphatic rings. The molecule has 3 atom stereocenters. The van der Waals surface area contributed by atoms with E-state index < -0.39 is 5.60 Å². The number of hydrogen-bond acceptors (Lipinski definition) is 2. The quantitative estimate of drug-likeness (QED) is 0.766. The molecular weight excluding hydrogens is 228 g/mol. The molecule has 1 aliphatic heterocycles. The minimum absolute atomic E-state index is 0.307. The molecule has 3 unspecified atom stereocenters. The Labute approximate surface area is 111 Å². The molecule has 100 valence electrons. The summed E-state index contributed by atoms with van der Waals surface area (Å²) in [4.78, 5) is 0. The van der Waals surface area contributed by atoms with Gasteiger partial charge < -0.3 is 5.11 Å². The fourth-order valence-corrected chi connectivity index (χ4v) is 5.53. The Bertz CT molecular complexity index is 266. The van der Waals surface area contributed by atoms with E-state index in [1.165, 1.54) is 25.0 Å². The van der Waals surface area contributed by atoms with E-state index >= 15 is 0 Å². The van der Waals surface area contributed by atoms with E-state index in [4.69, 9.17) is 0 Å². The number of hydrogen-bond donors (Lipinski definition) is 1. The third kappa shape index (κ3) is 3.20. The minimum atomic E-state index is -0.393. The van der Waals surface area contributed by atoms with Crippen LogP contribution in [0.25, 0.3) is 0 Å². The summed E-state index contributed by atoms with van der Waals surface area (Å²) in [6, 6.07) is 0. The Kier molecular flexibility index (Phi) is 3.85. The Hall–Kier alpha value is 0.310. The van der Waals surface area contributed by atoms with Gasteiger partial charge in [-0.2, -0.15) is 11.8 Å². The highest BCUT2D eigenvalue weighted by Crippen LogP contribution is 2.48. The zero-order chi connectivity index (χ0) is 12.7. The molecule has 1 nitrogen and oxygen atoms in total. The van der Waals surface area contributed by atoms with Gasteiger partial charge in [0.1, 0.15) is 0 Å². The average Bonchev–Trinajstić information content (AvgIpc) is 2.13. The molecule has 2 fully saturated rings. The van der Waals surface area contributed by atoms with Crippen molar-refractivity contribution in [3.63, 3.8) is 0 Å². The van der Waals surface area contributed by atoms with Crippen molar-refractivity contribution in [3.05, 3.63) is 0 Å². The van der Waals surface area contributed by atoms with Gasteiger partial charge in [-0.25, -0.2) is 0 Å². The van der Waals surface area contributed by atoms with Gasteiger partial charge in [-0.3, -0.25) is 0 Å².